The zero-order valence-corrected chi connectivity index (χ0v) is 18.3. The highest BCUT2D eigenvalue weighted by Gasteiger charge is 2.54. The molecule has 0 aliphatic carbocycles. The first-order valence-electron chi connectivity index (χ1n) is 9.04. The van der Waals surface area contributed by atoms with Crippen LogP contribution in [0.5, 0.6) is 0 Å². The highest BCUT2D eigenvalue weighted by atomic mass is 32.2. The van der Waals surface area contributed by atoms with Gasteiger partial charge in [0, 0.05) is 16.7 Å². The fourth-order valence-corrected chi connectivity index (χ4v) is 4.86. The highest BCUT2D eigenvalue weighted by Crippen LogP contribution is 2.40. The third kappa shape index (κ3) is 5.33. The minimum atomic E-state index is -4.66. The van der Waals surface area contributed by atoms with Gasteiger partial charge in [-0.05, 0) is 0 Å². The number of amides is 3. The Morgan fingerprint density at radius 3 is 2.65 bits per heavy atom. The van der Waals surface area contributed by atoms with Crippen LogP contribution in [-0.2, 0) is 19.1 Å². The molecule has 34 heavy (non-hydrogen) atoms. The minimum Gasteiger partial charge on any atom is -0.477 e. The second-order valence-electron chi connectivity index (χ2n) is 6.68. The first-order chi connectivity index (χ1) is 15.9. The Hall–Kier alpha value is -3.54. The number of fused-ring (bicyclic) bond motifs is 1. The number of carboxylic acid groups (broad SMARTS) is 1. The number of aromatic nitrogens is 1. The van der Waals surface area contributed by atoms with Crippen LogP contribution in [0.3, 0.4) is 0 Å². The van der Waals surface area contributed by atoms with Crippen LogP contribution in [0, 0.1) is 0 Å². The summed E-state index contributed by atoms with van der Waals surface area (Å²) < 4.78 is 41.1. The molecule has 3 heterocycles. The maximum atomic E-state index is 12.6. The van der Waals surface area contributed by atoms with Gasteiger partial charge >= 0.3 is 18.2 Å². The molecule has 3 rings (SSSR count). The van der Waals surface area contributed by atoms with Gasteiger partial charge in [-0.25, -0.2) is 14.6 Å². The number of β-lactam (4-membered cyclic amide) rings is 1. The van der Waals surface area contributed by atoms with E-state index in [1.807, 2.05) is 0 Å². The van der Waals surface area contributed by atoms with E-state index in [0.717, 1.165) is 28.0 Å². The van der Waals surface area contributed by atoms with Crippen LogP contribution in [0.1, 0.15) is 5.69 Å². The molecule has 13 nitrogen and oxygen atoms in total. The number of hydrogen-bond donors (Lipinski definition) is 5. The van der Waals surface area contributed by atoms with Crippen LogP contribution < -0.4 is 16.4 Å². The lowest BCUT2D eigenvalue weighted by molar-refractivity contribution is -0.150. The van der Waals surface area contributed by atoms with E-state index in [4.69, 9.17) is 10.9 Å². The third-order valence-electron chi connectivity index (χ3n) is 4.43. The summed E-state index contributed by atoms with van der Waals surface area (Å²) >= 11 is 2.01. The smallest absolute Gasteiger partial charge is 0.407 e. The zero-order valence-electron chi connectivity index (χ0n) is 16.7. The lowest BCUT2D eigenvalue weighted by Gasteiger charge is -2.49. The number of halogens is 3. The third-order valence-corrected chi connectivity index (χ3v) is 6.44. The van der Waals surface area contributed by atoms with Crippen molar-refractivity contribution in [1.82, 2.24) is 20.5 Å². The molecule has 0 saturated carbocycles. The lowest BCUT2D eigenvalue weighted by atomic mass is 10.0. The zero-order chi connectivity index (χ0) is 25.2. The molecule has 1 aromatic rings. The van der Waals surface area contributed by atoms with Crippen molar-refractivity contribution >= 4 is 57.8 Å². The largest absolute Gasteiger partial charge is 0.477 e. The Kier molecular flexibility index (Phi) is 7.20. The van der Waals surface area contributed by atoms with Gasteiger partial charge in [0.15, 0.2) is 10.8 Å². The van der Waals surface area contributed by atoms with Gasteiger partial charge in [0.25, 0.3) is 11.8 Å². The Labute approximate surface area is 195 Å². The Morgan fingerprint density at radius 2 is 2.09 bits per heavy atom. The van der Waals surface area contributed by atoms with E-state index in [1.54, 1.807) is 0 Å². The van der Waals surface area contributed by atoms with E-state index in [-0.39, 0.29) is 22.2 Å². The highest BCUT2D eigenvalue weighted by molar-refractivity contribution is 8.00. The monoisotopic (exact) mass is 524 g/mol. The number of nitrogens with two attached hydrogens (primary N) is 1. The number of aliphatic carboxylic acids is 1. The van der Waals surface area contributed by atoms with Gasteiger partial charge in [-0.3, -0.25) is 14.5 Å². The van der Waals surface area contributed by atoms with Gasteiger partial charge in [0.2, 0.25) is 0 Å². The number of alkyl halides is 3. The van der Waals surface area contributed by atoms with E-state index in [2.05, 4.69) is 20.2 Å². The second kappa shape index (κ2) is 9.75. The predicted molar refractivity (Wildman–Crippen MR) is 110 cm³/mol. The average Bonchev–Trinajstić information content (AvgIpc) is 3.19. The lowest BCUT2D eigenvalue weighted by Crippen LogP contribution is -2.71. The van der Waals surface area contributed by atoms with Crippen LogP contribution in [0.4, 0.5) is 23.1 Å². The van der Waals surface area contributed by atoms with E-state index >= 15 is 0 Å². The average molecular weight is 524 g/mol. The number of carbonyl (C=O) groups is 4. The summed E-state index contributed by atoms with van der Waals surface area (Å²) in [6.07, 6.45) is -6.07. The Bertz CT molecular complexity index is 1090. The molecule has 0 bridgehead atoms. The molecular formula is C16H15F3N6O7S2. The molecule has 2 atom stereocenters. The quantitative estimate of drug-likeness (QED) is 0.139. The number of nitrogen functional groups attached to an aromatic ring is 1. The van der Waals surface area contributed by atoms with Gasteiger partial charge in [-0.1, -0.05) is 5.16 Å². The first-order valence-corrected chi connectivity index (χ1v) is 11.0. The van der Waals surface area contributed by atoms with Gasteiger partial charge < -0.3 is 31.4 Å². The van der Waals surface area contributed by atoms with Crippen molar-refractivity contribution in [2.24, 2.45) is 5.16 Å². The molecule has 2 aliphatic heterocycles. The molecule has 0 aromatic carbocycles. The van der Waals surface area contributed by atoms with Crippen molar-refractivity contribution in [2.45, 2.75) is 17.6 Å². The van der Waals surface area contributed by atoms with Gasteiger partial charge in [0.1, 0.15) is 36.0 Å². The molecule has 1 unspecified atom stereocenters. The fourth-order valence-electron chi connectivity index (χ4n) is 2.99. The maximum absolute atomic E-state index is 12.6. The van der Waals surface area contributed by atoms with Gasteiger partial charge in [-0.2, -0.15) is 13.2 Å². The van der Waals surface area contributed by atoms with Gasteiger partial charge in [0.05, 0.1) is 0 Å². The summed E-state index contributed by atoms with van der Waals surface area (Å²) in [6, 6.07) is -1.17. The number of oxime groups is 1. The molecule has 2 aliphatic rings. The summed E-state index contributed by atoms with van der Waals surface area (Å²) in [7, 11) is 0. The summed E-state index contributed by atoms with van der Waals surface area (Å²) in [5.74, 6) is -3.36. The van der Waals surface area contributed by atoms with Crippen molar-refractivity contribution in [3.63, 3.8) is 0 Å². The predicted octanol–water partition coefficient (Wildman–Crippen LogP) is -0.0693. The van der Waals surface area contributed by atoms with Crippen molar-refractivity contribution in [2.75, 3.05) is 24.6 Å². The number of thioether (sulfide) groups is 1. The topological polar surface area (TPSA) is 197 Å². The standard InChI is InChI=1S/C16H15F3N6O7S2/c17-16(18,19)4-21-15(30)32-1-5-2-33-12-8(11(27)25(12)9(5)13(28)29)23-10(26)7(24-31)6-3-34-14(20)22-6/h3,8,12,31H,1-2,4H2,(H2,20,22)(H,21,30)(H,23,26)(H,28,29)/b24-7-/t8?,12-/m0/s1. The minimum absolute atomic E-state index is 0.0235. The van der Waals surface area contributed by atoms with Crippen LogP contribution in [0.25, 0.3) is 0 Å². The number of anilines is 1. The molecule has 3 amide bonds. The number of carboxylic acids is 1. The molecule has 1 fully saturated rings. The van der Waals surface area contributed by atoms with Crippen LogP contribution >= 0.6 is 23.1 Å². The molecular weight excluding hydrogens is 509 g/mol. The Morgan fingerprint density at radius 1 is 1.38 bits per heavy atom. The molecule has 1 saturated heterocycles. The maximum Gasteiger partial charge on any atom is 0.407 e. The van der Waals surface area contributed by atoms with Crippen molar-refractivity contribution in [1.29, 1.82) is 0 Å². The van der Waals surface area contributed by atoms with E-state index in [9.17, 15) is 37.5 Å². The van der Waals surface area contributed by atoms with Crippen molar-refractivity contribution < 1.29 is 47.4 Å². The van der Waals surface area contributed by atoms with Crippen LogP contribution in [-0.4, -0.2) is 86.3 Å². The number of alkyl carbamates (subject to hydrolysis) is 1. The summed E-state index contributed by atoms with van der Waals surface area (Å²) in [4.78, 5) is 52.9. The van der Waals surface area contributed by atoms with Gasteiger partial charge in [-0.15, -0.1) is 23.1 Å². The SMILES string of the molecule is Nc1nc(/C(=N/O)C(=O)NC2C(=O)N3C(C(=O)O)=C(COC(=O)NCC(F)(F)F)CS[C@@H]23)cs1. The van der Waals surface area contributed by atoms with E-state index in [1.165, 1.54) is 10.7 Å². The number of nitrogens with one attached hydrogen (secondary N) is 2. The molecule has 18 heteroatoms. The Balaban J connectivity index is 1.67. The van der Waals surface area contributed by atoms with E-state index < -0.39 is 66.0 Å². The summed E-state index contributed by atoms with van der Waals surface area (Å²) in [6.45, 7) is -2.30. The number of ether oxygens (including phenoxy) is 1. The number of thiazole rings is 1. The molecule has 0 radical (unpaired) electrons. The molecule has 1 aromatic heterocycles. The summed E-state index contributed by atoms with van der Waals surface area (Å²) in [5.41, 5.74) is 4.42. The van der Waals surface area contributed by atoms with Crippen molar-refractivity contribution in [3.05, 3.63) is 22.3 Å². The normalized spacial score (nSPS) is 20.4. The molecule has 184 valence electrons. The number of carbonyl (C=O) groups excluding carboxylic acids is 3. The van der Waals surface area contributed by atoms with Crippen LogP contribution in [0.15, 0.2) is 21.8 Å². The fraction of sp³-hybridized carbons (Fsp3) is 0.375. The first kappa shape index (κ1) is 25.1. The van der Waals surface area contributed by atoms with E-state index in [0.29, 0.717) is 0 Å². The number of nitrogens with zero attached hydrogens (tertiary/aromatic N) is 3. The molecule has 0 spiro atoms. The number of hydrogen-bond acceptors (Lipinski definition) is 11. The molecule has 6 N–H and O–H groups in total. The van der Waals surface area contributed by atoms with Crippen molar-refractivity contribution in [3.8, 4) is 0 Å². The second-order valence-corrected chi connectivity index (χ2v) is 8.68. The number of rotatable bonds is 7. The summed E-state index contributed by atoms with van der Waals surface area (Å²) in [5, 5.41) is 26.0. The van der Waals surface area contributed by atoms with Crippen LogP contribution in [0.2, 0.25) is 0 Å².